The quantitative estimate of drug-likeness (QED) is 0.700. The van der Waals surface area contributed by atoms with Gasteiger partial charge in [-0.1, -0.05) is 29.3 Å². The van der Waals surface area contributed by atoms with Gasteiger partial charge in [0.15, 0.2) is 11.5 Å². The largest absolute Gasteiger partial charge is 0.493 e. The van der Waals surface area contributed by atoms with Crippen LogP contribution in [0.3, 0.4) is 0 Å². The Morgan fingerprint density at radius 1 is 1.19 bits per heavy atom. The van der Waals surface area contributed by atoms with Crippen LogP contribution in [0.1, 0.15) is 0 Å². The molecule has 0 unspecified atom stereocenters. The third-order valence-electron chi connectivity index (χ3n) is 3.88. The monoisotopic (exact) mass is 407 g/mol. The van der Waals surface area contributed by atoms with Gasteiger partial charge in [-0.25, -0.2) is 4.68 Å². The molecule has 0 aliphatic rings. The first-order valence-electron chi connectivity index (χ1n) is 7.81. The van der Waals surface area contributed by atoms with E-state index in [-0.39, 0.29) is 22.7 Å². The van der Waals surface area contributed by atoms with Gasteiger partial charge in [0.05, 0.1) is 41.5 Å². The molecule has 0 saturated heterocycles. The zero-order valence-corrected chi connectivity index (χ0v) is 16.0. The second-order valence-corrected chi connectivity index (χ2v) is 6.31. The highest BCUT2D eigenvalue weighted by Crippen LogP contribution is 2.33. The molecule has 27 heavy (non-hydrogen) atoms. The summed E-state index contributed by atoms with van der Waals surface area (Å²) in [6.07, 6.45) is 1.48. The van der Waals surface area contributed by atoms with Crippen LogP contribution < -0.4 is 20.3 Å². The first kappa shape index (κ1) is 19.0. The number of carbonyl (C=O) groups is 1. The van der Waals surface area contributed by atoms with Crippen molar-refractivity contribution in [2.45, 2.75) is 6.54 Å². The van der Waals surface area contributed by atoms with Gasteiger partial charge in [0.25, 0.3) is 5.56 Å². The first-order chi connectivity index (χ1) is 13.0. The molecular weight excluding hydrogens is 393 g/mol. The van der Waals surface area contributed by atoms with Crippen LogP contribution in [0, 0.1) is 0 Å². The van der Waals surface area contributed by atoms with Gasteiger partial charge in [-0.3, -0.25) is 9.59 Å². The molecule has 140 valence electrons. The molecule has 0 aliphatic carbocycles. The predicted molar refractivity (Wildman–Crippen MR) is 104 cm³/mol. The molecule has 0 aliphatic heterocycles. The van der Waals surface area contributed by atoms with Crippen LogP contribution in [-0.4, -0.2) is 29.9 Å². The summed E-state index contributed by atoms with van der Waals surface area (Å²) in [5.41, 5.74) is -0.127. The lowest BCUT2D eigenvalue weighted by Gasteiger charge is -2.12. The number of hydrogen-bond acceptors (Lipinski definition) is 5. The Balaban J connectivity index is 1.95. The van der Waals surface area contributed by atoms with Crippen molar-refractivity contribution in [3.8, 4) is 11.5 Å². The Hall–Kier alpha value is -2.77. The van der Waals surface area contributed by atoms with Crippen molar-refractivity contribution in [3.63, 3.8) is 0 Å². The molecule has 0 spiro atoms. The summed E-state index contributed by atoms with van der Waals surface area (Å²) in [4.78, 5) is 25.2. The molecule has 0 bridgehead atoms. The van der Waals surface area contributed by atoms with E-state index in [9.17, 15) is 9.59 Å². The van der Waals surface area contributed by atoms with Crippen molar-refractivity contribution < 1.29 is 14.3 Å². The number of nitrogens with zero attached hydrogens (tertiary/aromatic N) is 2. The fourth-order valence-electron chi connectivity index (χ4n) is 2.62. The molecule has 3 aromatic rings. The predicted octanol–water partition coefficient (Wildman–Crippen LogP) is 3.36. The molecule has 2 aromatic carbocycles. The van der Waals surface area contributed by atoms with E-state index in [0.717, 1.165) is 4.68 Å². The highest BCUT2D eigenvalue weighted by Gasteiger charge is 2.16. The minimum Gasteiger partial charge on any atom is -0.493 e. The molecule has 1 heterocycles. The highest BCUT2D eigenvalue weighted by molar-refractivity contribution is 6.43. The van der Waals surface area contributed by atoms with E-state index in [1.165, 1.54) is 20.4 Å². The van der Waals surface area contributed by atoms with Crippen LogP contribution >= 0.6 is 23.2 Å². The first-order valence-corrected chi connectivity index (χ1v) is 8.56. The molecule has 0 atom stereocenters. The summed E-state index contributed by atoms with van der Waals surface area (Å²) < 4.78 is 11.6. The average Bonchev–Trinajstić information content (AvgIpc) is 2.66. The molecule has 0 fully saturated rings. The number of carbonyl (C=O) groups excluding carboxylic acids is 1. The van der Waals surface area contributed by atoms with Crippen LogP contribution in [-0.2, 0) is 11.3 Å². The third-order valence-corrected chi connectivity index (χ3v) is 4.70. The van der Waals surface area contributed by atoms with Crippen LogP contribution in [0.15, 0.2) is 41.3 Å². The Bertz CT molecular complexity index is 1080. The van der Waals surface area contributed by atoms with E-state index in [1.807, 2.05) is 0 Å². The van der Waals surface area contributed by atoms with Crippen LogP contribution in [0.4, 0.5) is 5.69 Å². The van der Waals surface area contributed by atoms with Crippen molar-refractivity contribution in [3.05, 3.63) is 56.9 Å². The molecular formula is C18H15Cl2N3O4. The maximum Gasteiger partial charge on any atom is 0.279 e. The van der Waals surface area contributed by atoms with Gasteiger partial charge in [0.2, 0.25) is 5.91 Å². The fraction of sp³-hybridized carbons (Fsp3) is 0.167. The number of halogens is 2. The topological polar surface area (TPSA) is 82.5 Å². The number of hydrogen-bond donors (Lipinski definition) is 1. The summed E-state index contributed by atoms with van der Waals surface area (Å²) in [7, 11) is 2.92. The van der Waals surface area contributed by atoms with Crippen LogP contribution in [0.2, 0.25) is 10.0 Å². The second kappa shape index (κ2) is 7.85. The summed E-state index contributed by atoms with van der Waals surface area (Å²) in [6.45, 7) is -0.308. The van der Waals surface area contributed by atoms with Crippen molar-refractivity contribution in [2.75, 3.05) is 19.5 Å². The van der Waals surface area contributed by atoms with E-state index in [4.69, 9.17) is 32.7 Å². The minimum atomic E-state index is -0.477. The number of methoxy groups -OCH3 is 2. The smallest absolute Gasteiger partial charge is 0.279 e. The van der Waals surface area contributed by atoms with Crippen molar-refractivity contribution >= 4 is 45.6 Å². The lowest BCUT2D eigenvalue weighted by atomic mass is 10.1. The summed E-state index contributed by atoms with van der Waals surface area (Å²) in [6, 6.07) is 8.24. The van der Waals surface area contributed by atoms with Crippen molar-refractivity contribution in [1.29, 1.82) is 0 Å². The fourth-order valence-corrected chi connectivity index (χ4v) is 2.97. The minimum absolute atomic E-state index is 0.220. The molecule has 1 aromatic heterocycles. The van der Waals surface area contributed by atoms with Gasteiger partial charge < -0.3 is 14.8 Å². The lowest BCUT2D eigenvalue weighted by molar-refractivity contribution is -0.117. The lowest BCUT2D eigenvalue weighted by Crippen LogP contribution is -2.29. The van der Waals surface area contributed by atoms with E-state index < -0.39 is 11.5 Å². The van der Waals surface area contributed by atoms with Crippen molar-refractivity contribution in [2.24, 2.45) is 0 Å². The Kier molecular flexibility index (Phi) is 5.53. The molecule has 7 nitrogen and oxygen atoms in total. The van der Waals surface area contributed by atoms with Gasteiger partial charge >= 0.3 is 0 Å². The van der Waals surface area contributed by atoms with Gasteiger partial charge in [-0.05, 0) is 24.3 Å². The van der Waals surface area contributed by atoms with E-state index in [1.54, 1.807) is 30.3 Å². The average molecular weight is 408 g/mol. The van der Waals surface area contributed by atoms with E-state index in [2.05, 4.69) is 10.4 Å². The Morgan fingerprint density at radius 3 is 2.67 bits per heavy atom. The number of aromatic nitrogens is 2. The number of amides is 1. The molecule has 1 amide bonds. The highest BCUT2D eigenvalue weighted by atomic mass is 35.5. The van der Waals surface area contributed by atoms with Gasteiger partial charge in [0.1, 0.15) is 6.54 Å². The zero-order chi connectivity index (χ0) is 19.6. The Morgan fingerprint density at radius 2 is 1.96 bits per heavy atom. The Labute approximate surface area is 164 Å². The second-order valence-electron chi connectivity index (χ2n) is 5.52. The van der Waals surface area contributed by atoms with Crippen molar-refractivity contribution in [1.82, 2.24) is 9.78 Å². The van der Waals surface area contributed by atoms with Gasteiger partial charge in [-0.2, -0.15) is 5.10 Å². The molecule has 0 saturated carbocycles. The third kappa shape index (κ3) is 3.70. The normalized spacial score (nSPS) is 10.7. The summed E-state index contributed by atoms with van der Waals surface area (Å²) in [5, 5.41) is 8.05. The molecule has 3 rings (SSSR count). The number of rotatable bonds is 5. The summed E-state index contributed by atoms with van der Waals surface area (Å²) in [5.74, 6) is 0.222. The standard InChI is InChI=1S/C18H15Cl2N3O4/c1-26-13-7-6-10-8-21-23(18(25)15(10)17(13)27-2)9-14(24)22-12-5-3-4-11(19)16(12)20/h3-8H,9H2,1-2H3,(H,22,24). The number of anilines is 1. The van der Waals surface area contributed by atoms with Gasteiger partial charge in [-0.15, -0.1) is 0 Å². The number of nitrogens with one attached hydrogen (secondary N) is 1. The zero-order valence-electron chi connectivity index (χ0n) is 14.5. The van der Waals surface area contributed by atoms with E-state index >= 15 is 0 Å². The maximum absolute atomic E-state index is 12.8. The SMILES string of the molecule is COc1ccc2cnn(CC(=O)Nc3cccc(Cl)c3Cl)c(=O)c2c1OC. The molecule has 0 radical (unpaired) electrons. The van der Waals surface area contributed by atoms with E-state index in [0.29, 0.717) is 21.8 Å². The molecule has 9 heteroatoms. The number of fused-ring (bicyclic) bond motifs is 1. The van der Waals surface area contributed by atoms with Crippen LogP contribution in [0.25, 0.3) is 10.8 Å². The van der Waals surface area contributed by atoms with Crippen LogP contribution in [0.5, 0.6) is 11.5 Å². The number of ether oxygens (including phenoxy) is 2. The number of benzene rings is 2. The maximum atomic E-state index is 12.8. The van der Waals surface area contributed by atoms with Gasteiger partial charge in [0, 0.05) is 5.39 Å². The molecule has 1 N–H and O–H groups in total. The summed E-state index contributed by atoms with van der Waals surface area (Å²) >= 11 is 12.0.